The highest BCUT2D eigenvalue weighted by atomic mass is 79.9. The van der Waals surface area contributed by atoms with E-state index < -0.39 is 8.32 Å². The SMILES string of the molecule is CC(C)(C)[Si](C)(C)OC(CBr)c1ccc([N+](=O)[O-])cc1. The number of nitrogens with zero attached hydrogens (tertiary/aromatic N) is 1. The van der Waals surface area contributed by atoms with Gasteiger partial charge in [-0.05, 0) is 35.8 Å². The third-order valence-corrected chi connectivity index (χ3v) is 8.93. The van der Waals surface area contributed by atoms with E-state index in [1.54, 1.807) is 12.1 Å². The summed E-state index contributed by atoms with van der Waals surface area (Å²) in [6.07, 6.45) is -0.0725. The molecule has 1 rings (SSSR count). The van der Waals surface area contributed by atoms with Crippen LogP contribution >= 0.6 is 15.9 Å². The molecular weight excluding hydrogens is 338 g/mol. The molecule has 4 nitrogen and oxygen atoms in total. The van der Waals surface area contributed by atoms with Crippen LogP contribution in [0, 0.1) is 10.1 Å². The average Bonchev–Trinajstić information content (AvgIpc) is 2.34. The lowest BCUT2D eigenvalue weighted by atomic mass is 10.1. The standard InChI is InChI=1S/C14H22BrNO3Si/c1-14(2,3)20(4,5)19-13(10-15)11-6-8-12(9-7-11)16(17)18/h6-9,13H,10H2,1-5H3. The van der Waals surface area contributed by atoms with Crippen molar-refractivity contribution >= 4 is 29.9 Å². The Labute approximate surface area is 129 Å². The van der Waals surface area contributed by atoms with Gasteiger partial charge in [-0.25, -0.2) is 0 Å². The number of benzene rings is 1. The van der Waals surface area contributed by atoms with E-state index in [-0.39, 0.29) is 21.8 Å². The summed E-state index contributed by atoms with van der Waals surface area (Å²) in [5.74, 6) is 0. The number of alkyl halides is 1. The van der Waals surface area contributed by atoms with Gasteiger partial charge in [-0.3, -0.25) is 10.1 Å². The molecule has 0 aliphatic carbocycles. The average molecular weight is 360 g/mol. The van der Waals surface area contributed by atoms with E-state index in [1.165, 1.54) is 12.1 Å². The van der Waals surface area contributed by atoms with Crippen molar-refractivity contribution in [2.24, 2.45) is 0 Å². The Morgan fingerprint density at radius 1 is 1.30 bits per heavy atom. The minimum Gasteiger partial charge on any atom is -0.409 e. The van der Waals surface area contributed by atoms with E-state index in [2.05, 4.69) is 49.8 Å². The zero-order valence-corrected chi connectivity index (χ0v) is 15.2. The van der Waals surface area contributed by atoms with Crippen LogP contribution in [0.1, 0.15) is 32.4 Å². The van der Waals surface area contributed by atoms with Crippen molar-refractivity contribution in [2.75, 3.05) is 5.33 Å². The second-order valence-corrected chi connectivity index (χ2v) is 11.8. The first-order valence-corrected chi connectivity index (χ1v) is 10.6. The molecule has 1 unspecified atom stereocenters. The summed E-state index contributed by atoms with van der Waals surface area (Å²) in [7, 11) is -1.87. The summed E-state index contributed by atoms with van der Waals surface area (Å²) in [6.45, 7) is 11.0. The fourth-order valence-electron chi connectivity index (χ4n) is 1.53. The number of hydrogen-bond acceptors (Lipinski definition) is 3. The molecule has 1 aromatic carbocycles. The Morgan fingerprint density at radius 2 is 1.80 bits per heavy atom. The third-order valence-electron chi connectivity index (χ3n) is 3.86. The second kappa shape index (κ2) is 6.36. The summed E-state index contributed by atoms with van der Waals surface area (Å²) >= 11 is 3.48. The van der Waals surface area contributed by atoms with Gasteiger partial charge in [0, 0.05) is 17.5 Å². The molecule has 6 heteroatoms. The molecule has 0 amide bonds. The number of hydrogen-bond donors (Lipinski definition) is 0. The molecule has 0 spiro atoms. The molecule has 1 aromatic rings. The van der Waals surface area contributed by atoms with Crippen LogP contribution in [0.5, 0.6) is 0 Å². The lowest BCUT2D eigenvalue weighted by Gasteiger charge is -2.39. The quantitative estimate of drug-likeness (QED) is 0.319. The summed E-state index contributed by atoms with van der Waals surface area (Å²) in [5.41, 5.74) is 1.08. The number of nitro benzene ring substituents is 1. The topological polar surface area (TPSA) is 52.4 Å². The van der Waals surface area contributed by atoms with Gasteiger partial charge in [0.05, 0.1) is 11.0 Å². The van der Waals surface area contributed by atoms with Gasteiger partial charge in [0.2, 0.25) is 0 Å². The molecule has 0 bridgehead atoms. The predicted molar refractivity (Wildman–Crippen MR) is 87.9 cm³/mol. The number of rotatable bonds is 5. The first-order chi connectivity index (χ1) is 9.08. The number of nitro groups is 1. The highest BCUT2D eigenvalue weighted by Gasteiger charge is 2.39. The van der Waals surface area contributed by atoms with E-state index in [9.17, 15) is 10.1 Å². The molecule has 0 aliphatic rings. The smallest absolute Gasteiger partial charge is 0.269 e. The van der Waals surface area contributed by atoms with Gasteiger partial charge in [0.1, 0.15) is 0 Å². The van der Waals surface area contributed by atoms with Crippen LogP contribution in [-0.4, -0.2) is 18.6 Å². The first kappa shape index (κ1) is 17.3. The van der Waals surface area contributed by atoms with Crippen molar-refractivity contribution in [1.82, 2.24) is 0 Å². The zero-order valence-electron chi connectivity index (χ0n) is 12.6. The Kier molecular flexibility index (Phi) is 5.51. The van der Waals surface area contributed by atoms with E-state index in [0.717, 1.165) is 5.56 Å². The van der Waals surface area contributed by atoms with E-state index in [0.29, 0.717) is 5.33 Å². The van der Waals surface area contributed by atoms with Crippen LogP contribution in [0.15, 0.2) is 24.3 Å². The van der Waals surface area contributed by atoms with Gasteiger partial charge in [-0.1, -0.05) is 36.7 Å². The predicted octanol–water partition coefficient (Wildman–Crippen LogP) is 5.05. The Morgan fingerprint density at radius 3 is 2.15 bits per heavy atom. The molecule has 0 heterocycles. The second-order valence-electron chi connectivity index (χ2n) is 6.37. The van der Waals surface area contributed by atoms with Gasteiger partial charge < -0.3 is 4.43 Å². The molecule has 1 atom stereocenters. The number of halogens is 1. The fraction of sp³-hybridized carbons (Fsp3) is 0.571. The van der Waals surface area contributed by atoms with Crippen LogP contribution in [0.4, 0.5) is 5.69 Å². The van der Waals surface area contributed by atoms with Crippen molar-refractivity contribution < 1.29 is 9.35 Å². The first-order valence-electron chi connectivity index (χ1n) is 6.56. The minimum absolute atomic E-state index is 0.0725. The van der Waals surface area contributed by atoms with Gasteiger partial charge >= 0.3 is 0 Å². The molecule has 0 aromatic heterocycles. The fourth-order valence-corrected chi connectivity index (χ4v) is 3.57. The lowest BCUT2D eigenvalue weighted by Crippen LogP contribution is -2.42. The Bertz CT molecular complexity index is 468. The van der Waals surface area contributed by atoms with Crippen LogP contribution in [0.3, 0.4) is 0 Å². The minimum atomic E-state index is -1.87. The Hall–Kier alpha value is -0.723. The van der Waals surface area contributed by atoms with Crippen molar-refractivity contribution in [2.45, 2.75) is 45.0 Å². The van der Waals surface area contributed by atoms with Gasteiger partial charge in [0.25, 0.3) is 5.69 Å². The Balaban J connectivity index is 2.94. The van der Waals surface area contributed by atoms with Crippen molar-refractivity contribution in [1.29, 1.82) is 0 Å². The summed E-state index contributed by atoms with van der Waals surface area (Å²) in [5, 5.41) is 11.5. The molecule has 0 radical (unpaired) electrons. The van der Waals surface area contributed by atoms with Crippen molar-refractivity contribution in [3.05, 3.63) is 39.9 Å². The maximum atomic E-state index is 10.7. The molecule has 0 aliphatic heterocycles. The zero-order chi connectivity index (χ0) is 15.6. The third kappa shape index (κ3) is 4.13. The van der Waals surface area contributed by atoms with Crippen LogP contribution in [0.25, 0.3) is 0 Å². The van der Waals surface area contributed by atoms with Crippen molar-refractivity contribution in [3.8, 4) is 0 Å². The van der Waals surface area contributed by atoms with Gasteiger partial charge in [-0.15, -0.1) is 0 Å². The summed E-state index contributed by atoms with van der Waals surface area (Å²) < 4.78 is 6.36. The molecule has 0 saturated heterocycles. The number of non-ortho nitro benzene ring substituents is 1. The maximum Gasteiger partial charge on any atom is 0.269 e. The summed E-state index contributed by atoms with van der Waals surface area (Å²) in [6, 6.07) is 6.61. The highest BCUT2D eigenvalue weighted by Crippen LogP contribution is 2.40. The molecule has 20 heavy (non-hydrogen) atoms. The van der Waals surface area contributed by atoms with Crippen LogP contribution in [-0.2, 0) is 4.43 Å². The van der Waals surface area contributed by atoms with Crippen LogP contribution in [0.2, 0.25) is 18.1 Å². The molecule has 0 fully saturated rings. The molecule has 112 valence electrons. The molecular formula is C14H22BrNO3Si. The van der Waals surface area contributed by atoms with Gasteiger partial charge in [-0.2, -0.15) is 0 Å². The highest BCUT2D eigenvalue weighted by molar-refractivity contribution is 9.09. The van der Waals surface area contributed by atoms with Gasteiger partial charge in [0.15, 0.2) is 8.32 Å². The van der Waals surface area contributed by atoms with Crippen LogP contribution < -0.4 is 0 Å². The lowest BCUT2D eigenvalue weighted by molar-refractivity contribution is -0.384. The normalized spacial score (nSPS) is 14.1. The van der Waals surface area contributed by atoms with E-state index >= 15 is 0 Å². The van der Waals surface area contributed by atoms with Crippen molar-refractivity contribution in [3.63, 3.8) is 0 Å². The largest absolute Gasteiger partial charge is 0.409 e. The van der Waals surface area contributed by atoms with E-state index in [1.807, 2.05) is 0 Å². The monoisotopic (exact) mass is 359 g/mol. The summed E-state index contributed by atoms with van der Waals surface area (Å²) in [4.78, 5) is 10.3. The van der Waals surface area contributed by atoms with E-state index in [4.69, 9.17) is 4.43 Å². The maximum absolute atomic E-state index is 10.7. The molecule has 0 N–H and O–H groups in total. The molecule has 0 saturated carbocycles.